The van der Waals surface area contributed by atoms with Crippen molar-refractivity contribution in [3.05, 3.63) is 51.7 Å². The predicted molar refractivity (Wildman–Crippen MR) is 98.1 cm³/mol. The van der Waals surface area contributed by atoms with Gasteiger partial charge in [-0.25, -0.2) is 0 Å². The van der Waals surface area contributed by atoms with Crippen molar-refractivity contribution in [2.75, 3.05) is 12.3 Å². The average Bonchev–Trinajstić information content (AvgIpc) is 3.28. The number of hydrogen-bond donors (Lipinski definition) is 0. The van der Waals surface area contributed by atoms with Crippen LogP contribution in [-0.2, 0) is 17.8 Å². The van der Waals surface area contributed by atoms with E-state index < -0.39 is 0 Å². The van der Waals surface area contributed by atoms with Gasteiger partial charge in [0.2, 0.25) is 11.1 Å². The highest BCUT2D eigenvalue weighted by Gasteiger charge is 2.22. The largest absolute Gasteiger partial charge is 0.337 e. The molecule has 1 amide bonds. The minimum absolute atomic E-state index is 0.126. The fourth-order valence-corrected chi connectivity index (χ4v) is 4.58. The Morgan fingerprint density at radius 1 is 1.32 bits per heavy atom. The number of benzene rings is 1. The van der Waals surface area contributed by atoms with Gasteiger partial charge >= 0.3 is 0 Å². The number of hydrogen-bond acceptors (Lipinski definition) is 6. The standard InChI is InChI=1S/C17H17N5OS2/c1-12-4-2-3-5-14(12)22-17(18-19-20-22)25-11-16(23)21-8-6-15-13(10-21)7-9-24-15/h2-5,7,9H,6,8,10-11H2,1H3. The van der Waals surface area contributed by atoms with Crippen molar-refractivity contribution >= 4 is 29.0 Å². The van der Waals surface area contributed by atoms with Crippen LogP contribution in [0.2, 0.25) is 0 Å². The van der Waals surface area contributed by atoms with Crippen LogP contribution in [0.25, 0.3) is 5.69 Å². The molecule has 4 rings (SSSR count). The molecule has 2 aromatic heterocycles. The minimum atomic E-state index is 0.126. The molecule has 1 aliphatic rings. The number of thiophene rings is 1. The number of aromatic nitrogens is 4. The van der Waals surface area contributed by atoms with Gasteiger partial charge in [-0.3, -0.25) is 4.79 Å². The van der Waals surface area contributed by atoms with Crippen molar-refractivity contribution < 1.29 is 4.79 Å². The molecular weight excluding hydrogens is 354 g/mol. The van der Waals surface area contributed by atoms with E-state index in [1.54, 1.807) is 16.0 Å². The molecule has 1 aromatic carbocycles. The van der Waals surface area contributed by atoms with Gasteiger partial charge in [0.25, 0.3) is 0 Å². The number of carbonyl (C=O) groups excluding carboxylic acids is 1. The van der Waals surface area contributed by atoms with E-state index in [1.807, 2.05) is 36.1 Å². The molecule has 0 saturated carbocycles. The third-order valence-electron chi connectivity index (χ3n) is 4.27. The highest BCUT2D eigenvalue weighted by Crippen LogP contribution is 2.25. The van der Waals surface area contributed by atoms with Crippen LogP contribution in [-0.4, -0.2) is 43.3 Å². The molecule has 0 atom stereocenters. The van der Waals surface area contributed by atoms with Gasteiger partial charge < -0.3 is 4.90 Å². The second-order valence-electron chi connectivity index (χ2n) is 5.88. The number of nitrogens with zero attached hydrogens (tertiary/aromatic N) is 5. The maximum absolute atomic E-state index is 12.6. The molecule has 128 valence electrons. The Labute approximate surface area is 153 Å². The van der Waals surface area contributed by atoms with E-state index in [1.165, 1.54) is 22.2 Å². The number of para-hydroxylation sites is 1. The summed E-state index contributed by atoms with van der Waals surface area (Å²) in [5.41, 5.74) is 3.30. The van der Waals surface area contributed by atoms with Crippen molar-refractivity contribution in [3.63, 3.8) is 0 Å². The summed E-state index contributed by atoms with van der Waals surface area (Å²) in [6, 6.07) is 10.0. The van der Waals surface area contributed by atoms with Crippen molar-refractivity contribution in [1.82, 2.24) is 25.1 Å². The van der Waals surface area contributed by atoms with Gasteiger partial charge in [-0.1, -0.05) is 30.0 Å². The smallest absolute Gasteiger partial charge is 0.233 e. The fraction of sp³-hybridized carbons (Fsp3) is 0.294. The number of carbonyl (C=O) groups is 1. The molecule has 0 fully saturated rings. The Morgan fingerprint density at radius 3 is 3.08 bits per heavy atom. The second kappa shape index (κ2) is 6.97. The first-order valence-corrected chi connectivity index (χ1v) is 9.89. The fourth-order valence-electron chi connectivity index (χ4n) is 2.90. The highest BCUT2D eigenvalue weighted by molar-refractivity contribution is 7.99. The average molecular weight is 371 g/mol. The van der Waals surface area contributed by atoms with E-state index in [9.17, 15) is 4.79 Å². The second-order valence-corrected chi connectivity index (χ2v) is 7.83. The molecule has 0 saturated heterocycles. The third kappa shape index (κ3) is 3.32. The first kappa shape index (κ1) is 16.3. The quantitative estimate of drug-likeness (QED) is 0.660. The summed E-state index contributed by atoms with van der Waals surface area (Å²) in [6.45, 7) is 3.51. The topological polar surface area (TPSA) is 63.9 Å². The first-order valence-electron chi connectivity index (χ1n) is 8.02. The van der Waals surface area contributed by atoms with Crippen LogP contribution in [0, 0.1) is 6.92 Å². The monoisotopic (exact) mass is 371 g/mol. The van der Waals surface area contributed by atoms with Crippen LogP contribution in [0.1, 0.15) is 16.0 Å². The highest BCUT2D eigenvalue weighted by atomic mass is 32.2. The van der Waals surface area contributed by atoms with Gasteiger partial charge in [0.1, 0.15) is 0 Å². The van der Waals surface area contributed by atoms with Crippen LogP contribution >= 0.6 is 23.1 Å². The van der Waals surface area contributed by atoms with Gasteiger partial charge in [-0.2, -0.15) is 4.68 Å². The Kier molecular flexibility index (Phi) is 4.54. The summed E-state index contributed by atoms with van der Waals surface area (Å²) >= 11 is 3.16. The van der Waals surface area contributed by atoms with Crippen LogP contribution in [0.15, 0.2) is 40.9 Å². The molecule has 1 aliphatic heterocycles. The molecule has 6 nitrogen and oxygen atoms in total. The van der Waals surface area contributed by atoms with Gasteiger partial charge in [0.15, 0.2) is 0 Å². The van der Waals surface area contributed by atoms with Crippen LogP contribution in [0.3, 0.4) is 0 Å². The zero-order valence-corrected chi connectivity index (χ0v) is 15.4. The number of tetrazole rings is 1. The summed E-state index contributed by atoms with van der Waals surface area (Å²) in [5.74, 6) is 0.465. The van der Waals surface area contributed by atoms with Gasteiger partial charge in [-0.05, 0) is 52.4 Å². The van der Waals surface area contributed by atoms with Crippen LogP contribution < -0.4 is 0 Å². The molecule has 3 heterocycles. The predicted octanol–water partition coefficient (Wildman–Crippen LogP) is 2.71. The number of aryl methyl sites for hydroxylation is 1. The van der Waals surface area contributed by atoms with E-state index in [4.69, 9.17) is 0 Å². The van der Waals surface area contributed by atoms with E-state index >= 15 is 0 Å². The molecule has 25 heavy (non-hydrogen) atoms. The summed E-state index contributed by atoms with van der Waals surface area (Å²) < 4.78 is 1.69. The molecule has 0 unspecified atom stereocenters. The first-order chi connectivity index (χ1) is 12.2. The molecule has 0 aliphatic carbocycles. The lowest BCUT2D eigenvalue weighted by Gasteiger charge is -2.26. The molecular formula is C17H17N5OS2. The van der Waals surface area contributed by atoms with Gasteiger partial charge in [0, 0.05) is 18.0 Å². The van der Waals surface area contributed by atoms with Crippen molar-refractivity contribution in [3.8, 4) is 5.69 Å². The number of rotatable bonds is 4. The molecule has 0 radical (unpaired) electrons. The Bertz CT molecular complexity index is 904. The number of fused-ring (bicyclic) bond motifs is 1. The summed E-state index contributed by atoms with van der Waals surface area (Å²) in [5, 5.41) is 14.7. The van der Waals surface area contributed by atoms with Gasteiger partial charge in [0.05, 0.1) is 11.4 Å². The van der Waals surface area contributed by atoms with Crippen LogP contribution in [0.5, 0.6) is 0 Å². The maximum Gasteiger partial charge on any atom is 0.233 e. The Morgan fingerprint density at radius 2 is 2.20 bits per heavy atom. The SMILES string of the molecule is Cc1ccccc1-n1nnnc1SCC(=O)N1CCc2sccc2C1. The van der Waals surface area contributed by atoms with Crippen molar-refractivity contribution in [2.24, 2.45) is 0 Å². The van der Waals surface area contributed by atoms with E-state index in [0.29, 0.717) is 17.5 Å². The Balaban J connectivity index is 1.44. The molecule has 0 N–H and O–H groups in total. The molecule has 3 aromatic rings. The maximum atomic E-state index is 12.6. The number of thioether (sulfide) groups is 1. The third-order valence-corrected chi connectivity index (χ3v) is 6.20. The molecule has 0 bridgehead atoms. The van der Waals surface area contributed by atoms with E-state index in [0.717, 1.165) is 24.2 Å². The zero-order valence-electron chi connectivity index (χ0n) is 13.8. The zero-order chi connectivity index (χ0) is 17.2. The lowest BCUT2D eigenvalue weighted by Crippen LogP contribution is -2.36. The molecule has 0 spiro atoms. The lowest BCUT2D eigenvalue weighted by molar-refractivity contribution is -0.129. The van der Waals surface area contributed by atoms with Crippen molar-refractivity contribution in [1.29, 1.82) is 0 Å². The summed E-state index contributed by atoms with van der Waals surface area (Å²) in [4.78, 5) is 15.9. The number of amides is 1. The Hall–Kier alpha value is -2.19. The minimum Gasteiger partial charge on any atom is -0.337 e. The lowest BCUT2D eigenvalue weighted by atomic mass is 10.1. The van der Waals surface area contributed by atoms with E-state index in [2.05, 4.69) is 27.0 Å². The summed E-state index contributed by atoms with van der Waals surface area (Å²) in [7, 11) is 0. The molecule has 8 heteroatoms. The summed E-state index contributed by atoms with van der Waals surface area (Å²) in [6.07, 6.45) is 0.949. The normalized spacial score (nSPS) is 13.7. The van der Waals surface area contributed by atoms with E-state index in [-0.39, 0.29) is 5.91 Å². The van der Waals surface area contributed by atoms with Crippen LogP contribution in [0.4, 0.5) is 0 Å². The van der Waals surface area contributed by atoms with Crippen molar-refractivity contribution in [2.45, 2.75) is 25.0 Å². The van der Waals surface area contributed by atoms with Gasteiger partial charge in [-0.15, -0.1) is 16.4 Å².